The molecule has 1 saturated heterocycles. The van der Waals surface area contributed by atoms with Gasteiger partial charge in [-0.15, -0.1) is 12.4 Å². The van der Waals surface area contributed by atoms with Crippen molar-refractivity contribution in [1.82, 2.24) is 5.32 Å². The molecular weight excluding hydrogens is 202 g/mol. The molecule has 2 heterocycles. The molecule has 1 N–H and O–H groups in total. The molecule has 1 aromatic carbocycles. The topological polar surface area (TPSA) is 30.5 Å². The molecule has 0 radical (unpaired) electrons. The van der Waals surface area contributed by atoms with Crippen molar-refractivity contribution in [3.05, 3.63) is 23.8 Å². The Morgan fingerprint density at radius 2 is 2.00 bits per heavy atom. The van der Waals surface area contributed by atoms with Gasteiger partial charge in [-0.3, -0.25) is 0 Å². The molecule has 1 fully saturated rings. The molecule has 4 heteroatoms. The summed E-state index contributed by atoms with van der Waals surface area (Å²) in [6.45, 7) is 1.48. The van der Waals surface area contributed by atoms with Crippen LogP contribution in [0.15, 0.2) is 18.2 Å². The van der Waals surface area contributed by atoms with E-state index in [4.69, 9.17) is 9.47 Å². The SMILES string of the molecule is Cl.c1cc2c(cc1[C@H]1CCN1)OCO2. The standard InChI is InChI=1S/C10H11NO2.ClH/c1-2-9-10(13-6-12-9)5-7(1)8-3-4-11-8;/h1-2,5,8,11H,3-4,6H2;1H/t8-;/m1./s1. The van der Waals surface area contributed by atoms with Crippen molar-refractivity contribution in [2.45, 2.75) is 12.5 Å². The average molecular weight is 214 g/mol. The Morgan fingerprint density at radius 3 is 2.71 bits per heavy atom. The third kappa shape index (κ3) is 1.42. The molecule has 0 amide bonds. The second-order valence-electron chi connectivity index (χ2n) is 3.41. The van der Waals surface area contributed by atoms with E-state index in [1.807, 2.05) is 6.07 Å². The van der Waals surface area contributed by atoms with Crippen LogP contribution in [0.25, 0.3) is 0 Å². The van der Waals surface area contributed by atoms with Crippen LogP contribution in [0.1, 0.15) is 18.0 Å². The number of rotatable bonds is 1. The molecule has 0 saturated carbocycles. The second kappa shape index (κ2) is 3.67. The van der Waals surface area contributed by atoms with Crippen LogP contribution in [-0.4, -0.2) is 13.3 Å². The molecule has 2 aliphatic heterocycles. The first kappa shape index (κ1) is 9.62. The highest BCUT2D eigenvalue weighted by molar-refractivity contribution is 5.85. The van der Waals surface area contributed by atoms with Gasteiger partial charge < -0.3 is 14.8 Å². The predicted octanol–water partition coefficient (Wildman–Crippen LogP) is 1.87. The van der Waals surface area contributed by atoms with Crippen molar-refractivity contribution in [3.63, 3.8) is 0 Å². The van der Waals surface area contributed by atoms with Gasteiger partial charge in [0.25, 0.3) is 0 Å². The minimum Gasteiger partial charge on any atom is -0.454 e. The molecule has 0 aromatic heterocycles. The van der Waals surface area contributed by atoms with Crippen molar-refractivity contribution < 1.29 is 9.47 Å². The second-order valence-corrected chi connectivity index (χ2v) is 3.41. The molecule has 2 aliphatic rings. The average Bonchev–Trinajstić information content (AvgIpc) is 2.47. The fourth-order valence-electron chi connectivity index (χ4n) is 1.70. The summed E-state index contributed by atoms with van der Waals surface area (Å²) >= 11 is 0. The summed E-state index contributed by atoms with van der Waals surface area (Å²) in [6.07, 6.45) is 1.22. The molecule has 0 aliphatic carbocycles. The molecule has 0 spiro atoms. The Balaban J connectivity index is 0.000000750. The fourth-order valence-corrected chi connectivity index (χ4v) is 1.70. The lowest BCUT2D eigenvalue weighted by Gasteiger charge is -2.28. The molecule has 3 rings (SSSR count). The van der Waals surface area contributed by atoms with Gasteiger partial charge in [-0.05, 0) is 30.7 Å². The highest BCUT2D eigenvalue weighted by Gasteiger charge is 2.21. The third-order valence-electron chi connectivity index (χ3n) is 2.62. The lowest BCUT2D eigenvalue weighted by Crippen LogP contribution is -2.34. The van der Waals surface area contributed by atoms with Crippen molar-refractivity contribution in [3.8, 4) is 11.5 Å². The zero-order chi connectivity index (χ0) is 8.67. The first-order chi connectivity index (χ1) is 6.43. The minimum atomic E-state index is 0. The molecule has 14 heavy (non-hydrogen) atoms. The Kier molecular flexibility index (Phi) is 2.52. The van der Waals surface area contributed by atoms with Gasteiger partial charge >= 0.3 is 0 Å². The van der Waals surface area contributed by atoms with Crippen LogP contribution in [0, 0.1) is 0 Å². The van der Waals surface area contributed by atoms with E-state index in [2.05, 4.69) is 17.4 Å². The lowest BCUT2D eigenvalue weighted by atomic mass is 9.98. The predicted molar refractivity (Wildman–Crippen MR) is 55.2 cm³/mol. The van der Waals surface area contributed by atoms with Crippen LogP contribution in [0.3, 0.4) is 0 Å². The van der Waals surface area contributed by atoms with Crippen LogP contribution in [-0.2, 0) is 0 Å². The Labute approximate surface area is 88.8 Å². The summed E-state index contributed by atoms with van der Waals surface area (Å²) in [5, 5.41) is 3.36. The molecular formula is C10H12ClNO2. The Bertz CT molecular complexity index is 339. The maximum absolute atomic E-state index is 5.31. The maximum atomic E-state index is 5.31. The van der Waals surface area contributed by atoms with Gasteiger partial charge in [0.2, 0.25) is 6.79 Å². The zero-order valence-corrected chi connectivity index (χ0v) is 8.47. The first-order valence-electron chi connectivity index (χ1n) is 4.56. The smallest absolute Gasteiger partial charge is 0.231 e. The summed E-state index contributed by atoms with van der Waals surface area (Å²) in [7, 11) is 0. The van der Waals surface area contributed by atoms with Crippen LogP contribution in [0.4, 0.5) is 0 Å². The Hall–Kier alpha value is -0.930. The van der Waals surface area contributed by atoms with E-state index in [-0.39, 0.29) is 12.4 Å². The number of ether oxygens (including phenoxy) is 2. The van der Waals surface area contributed by atoms with Gasteiger partial charge in [0, 0.05) is 6.04 Å². The summed E-state index contributed by atoms with van der Waals surface area (Å²) in [5.41, 5.74) is 1.30. The normalized spacial score (nSPS) is 22.4. The number of hydrogen-bond donors (Lipinski definition) is 1. The Morgan fingerprint density at radius 1 is 1.21 bits per heavy atom. The van der Waals surface area contributed by atoms with Gasteiger partial charge in [0.05, 0.1) is 0 Å². The van der Waals surface area contributed by atoms with Crippen LogP contribution >= 0.6 is 12.4 Å². The fraction of sp³-hybridized carbons (Fsp3) is 0.400. The number of halogens is 1. The monoisotopic (exact) mass is 213 g/mol. The molecule has 0 unspecified atom stereocenters. The number of nitrogens with one attached hydrogen (secondary N) is 1. The van der Waals surface area contributed by atoms with E-state index in [0.717, 1.165) is 18.0 Å². The van der Waals surface area contributed by atoms with Crippen LogP contribution < -0.4 is 14.8 Å². The molecule has 1 aromatic rings. The third-order valence-corrected chi connectivity index (χ3v) is 2.62. The van der Waals surface area contributed by atoms with E-state index >= 15 is 0 Å². The van der Waals surface area contributed by atoms with Gasteiger partial charge in [0.15, 0.2) is 11.5 Å². The minimum absolute atomic E-state index is 0. The molecule has 76 valence electrons. The summed E-state index contributed by atoms with van der Waals surface area (Å²) in [6, 6.07) is 6.68. The summed E-state index contributed by atoms with van der Waals surface area (Å²) in [4.78, 5) is 0. The van der Waals surface area contributed by atoms with Crippen LogP contribution in [0.2, 0.25) is 0 Å². The molecule has 1 atom stereocenters. The number of benzene rings is 1. The summed E-state index contributed by atoms with van der Waals surface area (Å²) < 4.78 is 10.6. The van der Waals surface area contributed by atoms with E-state index < -0.39 is 0 Å². The highest BCUT2D eigenvalue weighted by atomic mass is 35.5. The lowest BCUT2D eigenvalue weighted by molar-refractivity contribution is 0.174. The van der Waals surface area contributed by atoms with Gasteiger partial charge in [-0.25, -0.2) is 0 Å². The zero-order valence-electron chi connectivity index (χ0n) is 7.66. The number of fused-ring (bicyclic) bond motifs is 1. The quantitative estimate of drug-likeness (QED) is 0.773. The molecule has 0 bridgehead atoms. The van der Waals surface area contributed by atoms with Gasteiger partial charge in [0.1, 0.15) is 0 Å². The number of hydrogen-bond acceptors (Lipinski definition) is 3. The molecule has 3 nitrogen and oxygen atoms in total. The van der Waals surface area contributed by atoms with Crippen molar-refractivity contribution in [2.75, 3.05) is 13.3 Å². The van der Waals surface area contributed by atoms with E-state index in [1.54, 1.807) is 0 Å². The largest absolute Gasteiger partial charge is 0.454 e. The first-order valence-corrected chi connectivity index (χ1v) is 4.56. The summed E-state index contributed by atoms with van der Waals surface area (Å²) in [5.74, 6) is 1.74. The highest BCUT2D eigenvalue weighted by Crippen LogP contribution is 2.35. The van der Waals surface area contributed by atoms with E-state index in [9.17, 15) is 0 Å². The maximum Gasteiger partial charge on any atom is 0.231 e. The van der Waals surface area contributed by atoms with Crippen molar-refractivity contribution in [2.24, 2.45) is 0 Å². The van der Waals surface area contributed by atoms with Gasteiger partial charge in [-0.2, -0.15) is 0 Å². The van der Waals surface area contributed by atoms with Crippen LogP contribution in [0.5, 0.6) is 11.5 Å². The van der Waals surface area contributed by atoms with Crippen molar-refractivity contribution >= 4 is 12.4 Å². The van der Waals surface area contributed by atoms with Gasteiger partial charge in [-0.1, -0.05) is 6.07 Å². The van der Waals surface area contributed by atoms with E-state index in [0.29, 0.717) is 12.8 Å². The van der Waals surface area contributed by atoms with E-state index in [1.165, 1.54) is 12.0 Å². The van der Waals surface area contributed by atoms with Crippen molar-refractivity contribution in [1.29, 1.82) is 0 Å².